The molecule has 1 aromatic carbocycles. The van der Waals surface area contributed by atoms with E-state index < -0.39 is 0 Å². The van der Waals surface area contributed by atoms with Crippen molar-refractivity contribution in [2.75, 3.05) is 27.4 Å². The minimum Gasteiger partial charge on any atom is -0.491 e. The van der Waals surface area contributed by atoms with Gasteiger partial charge in [0.1, 0.15) is 12.4 Å². The molecule has 1 aromatic rings. The van der Waals surface area contributed by atoms with E-state index in [0.717, 1.165) is 0 Å². The fourth-order valence-electron chi connectivity index (χ4n) is 1.37. The van der Waals surface area contributed by atoms with Crippen LogP contribution in [0.1, 0.15) is 11.1 Å². The Morgan fingerprint density at radius 1 is 1.33 bits per heavy atom. The first-order valence-corrected chi connectivity index (χ1v) is 5.42. The smallest absolute Gasteiger partial charge is 0.310 e. The van der Waals surface area contributed by atoms with Crippen LogP contribution in [0.15, 0.2) is 18.2 Å². The van der Waals surface area contributed by atoms with Gasteiger partial charge < -0.3 is 14.2 Å². The molecule has 0 heterocycles. The number of rotatable bonds is 6. The van der Waals surface area contributed by atoms with Crippen LogP contribution in [0.5, 0.6) is 5.75 Å². The number of benzene rings is 1. The SMILES string of the molecule is COCCOc1ccc(CC(=O)OC)c(C#N)c1. The molecule has 96 valence electrons. The van der Waals surface area contributed by atoms with Crippen molar-refractivity contribution >= 4 is 5.97 Å². The Bertz CT molecular complexity index is 451. The molecule has 0 aliphatic carbocycles. The number of hydrogen-bond acceptors (Lipinski definition) is 5. The van der Waals surface area contributed by atoms with Crippen LogP contribution in [-0.4, -0.2) is 33.4 Å². The minimum absolute atomic E-state index is 0.0811. The number of nitrogens with zero attached hydrogens (tertiary/aromatic N) is 1. The van der Waals surface area contributed by atoms with Crippen LogP contribution in [-0.2, 0) is 20.7 Å². The molecule has 0 fully saturated rings. The van der Waals surface area contributed by atoms with Gasteiger partial charge in [-0.3, -0.25) is 4.79 Å². The maximum absolute atomic E-state index is 11.2. The summed E-state index contributed by atoms with van der Waals surface area (Å²) in [6.07, 6.45) is 0.0811. The molecule has 0 saturated carbocycles. The molecular formula is C13H15NO4. The highest BCUT2D eigenvalue weighted by molar-refractivity contribution is 5.73. The van der Waals surface area contributed by atoms with E-state index in [0.29, 0.717) is 30.1 Å². The van der Waals surface area contributed by atoms with E-state index in [1.165, 1.54) is 7.11 Å². The Balaban J connectivity index is 2.77. The maximum Gasteiger partial charge on any atom is 0.310 e. The molecule has 0 spiro atoms. The molecular weight excluding hydrogens is 234 g/mol. The monoisotopic (exact) mass is 249 g/mol. The Morgan fingerprint density at radius 3 is 2.72 bits per heavy atom. The lowest BCUT2D eigenvalue weighted by Gasteiger charge is -2.08. The van der Waals surface area contributed by atoms with E-state index >= 15 is 0 Å². The van der Waals surface area contributed by atoms with E-state index in [9.17, 15) is 4.79 Å². The molecule has 0 saturated heterocycles. The number of carbonyl (C=O) groups excluding carboxylic acids is 1. The third-order valence-electron chi connectivity index (χ3n) is 2.32. The van der Waals surface area contributed by atoms with E-state index in [1.54, 1.807) is 25.3 Å². The molecule has 0 aromatic heterocycles. The number of hydrogen-bond donors (Lipinski definition) is 0. The lowest BCUT2D eigenvalue weighted by Crippen LogP contribution is -2.07. The molecule has 0 radical (unpaired) electrons. The van der Waals surface area contributed by atoms with Crippen LogP contribution in [0.4, 0.5) is 0 Å². The van der Waals surface area contributed by atoms with Gasteiger partial charge >= 0.3 is 5.97 Å². The van der Waals surface area contributed by atoms with Gasteiger partial charge in [-0.2, -0.15) is 5.26 Å². The van der Waals surface area contributed by atoms with Crippen molar-refractivity contribution in [2.24, 2.45) is 0 Å². The highest BCUT2D eigenvalue weighted by Crippen LogP contribution is 2.18. The van der Waals surface area contributed by atoms with Gasteiger partial charge in [-0.1, -0.05) is 6.07 Å². The predicted molar refractivity (Wildman–Crippen MR) is 64.2 cm³/mol. The average molecular weight is 249 g/mol. The van der Waals surface area contributed by atoms with Crippen LogP contribution >= 0.6 is 0 Å². The average Bonchev–Trinajstić information content (AvgIpc) is 2.40. The number of esters is 1. The van der Waals surface area contributed by atoms with E-state index in [1.807, 2.05) is 6.07 Å². The van der Waals surface area contributed by atoms with Crippen LogP contribution in [0, 0.1) is 11.3 Å². The van der Waals surface area contributed by atoms with Crippen molar-refractivity contribution in [3.8, 4) is 11.8 Å². The maximum atomic E-state index is 11.2. The zero-order valence-corrected chi connectivity index (χ0v) is 10.4. The van der Waals surface area contributed by atoms with Crippen molar-refractivity contribution in [1.29, 1.82) is 5.26 Å². The van der Waals surface area contributed by atoms with Gasteiger partial charge in [-0.15, -0.1) is 0 Å². The quantitative estimate of drug-likeness (QED) is 0.561. The fourth-order valence-corrected chi connectivity index (χ4v) is 1.37. The summed E-state index contributed by atoms with van der Waals surface area (Å²) >= 11 is 0. The van der Waals surface area contributed by atoms with Crippen molar-refractivity contribution < 1.29 is 19.0 Å². The number of nitriles is 1. The minimum atomic E-state index is -0.375. The molecule has 0 amide bonds. The topological polar surface area (TPSA) is 68.6 Å². The van der Waals surface area contributed by atoms with Gasteiger partial charge in [0.2, 0.25) is 0 Å². The molecule has 0 bridgehead atoms. The molecule has 0 atom stereocenters. The summed E-state index contributed by atoms with van der Waals surface area (Å²) in [6.45, 7) is 0.892. The normalized spacial score (nSPS) is 9.61. The summed E-state index contributed by atoms with van der Waals surface area (Å²) in [7, 11) is 2.90. The summed E-state index contributed by atoms with van der Waals surface area (Å²) in [5, 5.41) is 9.02. The Hall–Kier alpha value is -2.06. The van der Waals surface area contributed by atoms with Crippen molar-refractivity contribution in [3.63, 3.8) is 0 Å². The van der Waals surface area contributed by atoms with Crippen molar-refractivity contribution in [3.05, 3.63) is 29.3 Å². The standard InChI is InChI=1S/C13H15NO4/c1-16-5-6-18-12-4-3-10(8-13(15)17-2)11(7-12)9-14/h3-4,7H,5-6,8H2,1-2H3. The van der Waals surface area contributed by atoms with Gasteiger partial charge in [-0.05, 0) is 17.7 Å². The molecule has 0 N–H and O–H groups in total. The lowest BCUT2D eigenvalue weighted by molar-refractivity contribution is -0.139. The van der Waals surface area contributed by atoms with Crippen molar-refractivity contribution in [2.45, 2.75) is 6.42 Å². The second kappa shape index (κ2) is 7.30. The molecule has 5 heteroatoms. The largest absolute Gasteiger partial charge is 0.491 e. The summed E-state index contributed by atoms with van der Waals surface area (Å²) in [4.78, 5) is 11.2. The van der Waals surface area contributed by atoms with Crippen LogP contribution in [0.25, 0.3) is 0 Å². The van der Waals surface area contributed by atoms with Gasteiger partial charge in [0.15, 0.2) is 0 Å². The molecule has 18 heavy (non-hydrogen) atoms. The summed E-state index contributed by atoms with van der Waals surface area (Å²) < 4.78 is 14.8. The molecule has 5 nitrogen and oxygen atoms in total. The fraction of sp³-hybridized carbons (Fsp3) is 0.385. The zero-order valence-electron chi connectivity index (χ0n) is 10.4. The first-order valence-electron chi connectivity index (χ1n) is 5.42. The van der Waals surface area contributed by atoms with E-state index in [-0.39, 0.29) is 12.4 Å². The highest BCUT2D eigenvalue weighted by Gasteiger charge is 2.09. The second-order valence-corrected chi connectivity index (χ2v) is 3.52. The first kappa shape index (κ1) is 14.0. The van der Waals surface area contributed by atoms with Crippen LogP contribution in [0.3, 0.4) is 0 Å². The summed E-state index contributed by atoms with van der Waals surface area (Å²) in [5.41, 5.74) is 1.04. The Kier molecular flexibility index (Phi) is 5.68. The molecule has 1 rings (SSSR count). The predicted octanol–water partition coefficient (Wildman–Crippen LogP) is 1.30. The van der Waals surface area contributed by atoms with Gasteiger partial charge in [0.25, 0.3) is 0 Å². The number of carbonyl (C=O) groups is 1. The zero-order chi connectivity index (χ0) is 13.4. The third-order valence-corrected chi connectivity index (χ3v) is 2.32. The first-order chi connectivity index (χ1) is 8.71. The van der Waals surface area contributed by atoms with E-state index in [4.69, 9.17) is 14.7 Å². The van der Waals surface area contributed by atoms with Crippen LogP contribution in [0.2, 0.25) is 0 Å². The van der Waals surface area contributed by atoms with Crippen LogP contribution < -0.4 is 4.74 Å². The Morgan fingerprint density at radius 2 is 2.11 bits per heavy atom. The summed E-state index contributed by atoms with van der Waals surface area (Å²) in [5.74, 6) is 0.205. The van der Waals surface area contributed by atoms with E-state index in [2.05, 4.69) is 4.74 Å². The molecule has 0 aliphatic rings. The number of ether oxygens (including phenoxy) is 3. The van der Waals surface area contributed by atoms with Gasteiger partial charge in [0, 0.05) is 7.11 Å². The third kappa shape index (κ3) is 4.07. The summed E-state index contributed by atoms with van der Waals surface area (Å²) in [6, 6.07) is 7.05. The van der Waals surface area contributed by atoms with Gasteiger partial charge in [0.05, 0.1) is 31.8 Å². The Labute approximate surface area is 106 Å². The number of methoxy groups -OCH3 is 2. The second-order valence-electron chi connectivity index (χ2n) is 3.52. The lowest BCUT2D eigenvalue weighted by atomic mass is 10.1. The highest BCUT2D eigenvalue weighted by atomic mass is 16.5. The van der Waals surface area contributed by atoms with Gasteiger partial charge in [-0.25, -0.2) is 0 Å². The van der Waals surface area contributed by atoms with Crippen molar-refractivity contribution in [1.82, 2.24) is 0 Å². The molecule has 0 unspecified atom stereocenters. The molecule has 0 aliphatic heterocycles.